The number of nitrogens with zero attached hydrogens (tertiary/aromatic N) is 7. The molecule has 0 amide bonds. The van der Waals surface area contributed by atoms with E-state index < -0.39 is 0 Å². The summed E-state index contributed by atoms with van der Waals surface area (Å²) in [5.74, 6) is 0.616. The standard InChI is InChI=1S/C6H5N7/c1-4-5-9-7-2-12(5)6-10-8-3-13(6)11-4/h2-3H,1H3. The first-order chi connectivity index (χ1) is 6.36. The molecule has 0 N–H and O–H groups in total. The summed E-state index contributed by atoms with van der Waals surface area (Å²) < 4.78 is 3.33. The van der Waals surface area contributed by atoms with Crippen LogP contribution in [0.2, 0.25) is 0 Å². The molecule has 0 aliphatic heterocycles. The zero-order chi connectivity index (χ0) is 8.84. The van der Waals surface area contributed by atoms with Crippen molar-refractivity contribution in [2.24, 2.45) is 0 Å². The summed E-state index contributed by atoms with van der Waals surface area (Å²) in [5.41, 5.74) is 1.50. The lowest BCUT2D eigenvalue weighted by Crippen LogP contribution is -2.01. The van der Waals surface area contributed by atoms with Gasteiger partial charge in [0, 0.05) is 0 Å². The molecule has 0 radical (unpaired) electrons. The van der Waals surface area contributed by atoms with Crippen LogP contribution in [0.5, 0.6) is 0 Å². The van der Waals surface area contributed by atoms with Crippen molar-refractivity contribution in [3.05, 3.63) is 18.3 Å². The molecule has 3 aromatic rings. The monoisotopic (exact) mass is 175 g/mol. The molecule has 7 nitrogen and oxygen atoms in total. The van der Waals surface area contributed by atoms with Gasteiger partial charge in [-0.15, -0.1) is 20.4 Å². The van der Waals surface area contributed by atoms with Crippen LogP contribution in [0.4, 0.5) is 0 Å². The van der Waals surface area contributed by atoms with E-state index in [-0.39, 0.29) is 0 Å². The Morgan fingerprint density at radius 2 is 2.00 bits per heavy atom. The fourth-order valence-corrected chi connectivity index (χ4v) is 1.29. The minimum atomic E-state index is 0.616. The minimum Gasteiger partial charge on any atom is -0.246 e. The van der Waals surface area contributed by atoms with Crippen molar-refractivity contribution >= 4 is 11.4 Å². The summed E-state index contributed by atoms with van der Waals surface area (Å²) in [6.07, 6.45) is 3.13. The highest BCUT2D eigenvalue weighted by Gasteiger charge is 2.07. The first-order valence-electron chi connectivity index (χ1n) is 3.72. The van der Waals surface area contributed by atoms with Crippen molar-refractivity contribution in [3.8, 4) is 0 Å². The van der Waals surface area contributed by atoms with E-state index in [0.717, 1.165) is 5.69 Å². The largest absolute Gasteiger partial charge is 0.259 e. The van der Waals surface area contributed by atoms with Crippen LogP contribution in [0.25, 0.3) is 11.4 Å². The van der Waals surface area contributed by atoms with Crippen molar-refractivity contribution in [2.75, 3.05) is 0 Å². The highest BCUT2D eigenvalue weighted by Crippen LogP contribution is 2.05. The van der Waals surface area contributed by atoms with E-state index in [1.807, 2.05) is 6.92 Å². The van der Waals surface area contributed by atoms with E-state index in [1.165, 1.54) is 0 Å². The smallest absolute Gasteiger partial charge is 0.246 e. The highest BCUT2D eigenvalue weighted by atomic mass is 15.4. The number of rotatable bonds is 0. The third kappa shape index (κ3) is 0.701. The Hall–Kier alpha value is -2.05. The average Bonchev–Trinajstić information content (AvgIpc) is 2.66. The van der Waals surface area contributed by atoms with Gasteiger partial charge in [0.1, 0.15) is 18.3 Å². The molecular formula is C6H5N7. The van der Waals surface area contributed by atoms with Gasteiger partial charge in [-0.1, -0.05) is 0 Å². The number of hydrogen-bond donors (Lipinski definition) is 0. The molecule has 0 atom stereocenters. The Labute approximate surface area is 72.0 Å². The molecule has 0 saturated carbocycles. The normalized spacial score (nSPS) is 11.5. The second-order valence-corrected chi connectivity index (χ2v) is 2.69. The van der Waals surface area contributed by atoms with Gasteiger partial charge in [-0.2, -0.15) is 9.61 Å². The lowest BCUT2D eigenvalue weighted by Gasteiger charge is -1.96. The molecule has 3 rings (SSSR count). The minimum absolute atomic E-state index is 0.616. The Kier molecular flexibility index (Phi) is 0.996. The molecule has 0 spiro atoms. The molecule has 0 saturated heterocycles. The van der Waals surface area contributed by atoms with Gasteiger partial charge in [0.05, 0.1) is 0 Å². The molecule has 0 unspecified atom stereocenters. The van der Waals surface area contributed by atoms with Crippen LogP contribution in [-0.4, -0.2) is 34.4 Å². The van der Waals surface area contributed by atoms with Gasteiger partial charge in [0.2, 0.25) is 0 Å². The van der Waals surface area contributed by atoms with Gasteiger partial charge in [-0.05, 0) is 6.92 Å². The van der Waals surface area contributed by atoms with Gasteiger partial charge < -0.3 is 0 Å². The zero-order valence-corrected chi connectivity index (χ0v) is 6.79. The van der Waals surface area contributed by atoms with E-state index in [1.54, 1.807) is 21.6 Å². The Bertz CT molecular complexity index is 577. The van der Waals surface area contributed by atoms with Crippen molar-refractivity contribution in [3.63, 3.8) is 0 Å². The molecule has 0 bridgehead atoms. The predicted octanol–water partition coefficient (Wildman–Crippen LogP) is -0.525. The van der Waals surface area contributed by atoms with Crippen molar-refractivity contribution in [1.29, 1.82) is 0 Å². The Morgan fingerprint density at radius 1 is 1.15 bits per heavy atom. The Balaban J connectivity index is 2.70. The molecule has 3 heterocycles. The van der Waals surface area contributed by atoms with Crippen LogP contribution < -0.4 is 0 Å². The fourth-order valence-electron chi connectivity index (χ4n) is 1.29. The molecule has 7 heteroatoms. The fraction of sp³-hybridized carbons (Fsp3) is 0.167. The number of aromatic nitrogens is 7. The van der Waals surface area contributed by atoms with Crippen molar-refractivity contribution < 1.29 is 0 Å². The average molecular weight is 175 g/mol. The quantitative estimate of drug-likeness (QED) is 0.459. The summed E-state index contributed by atoms with van der Waals surface area (Å²) >= 11 is 0. The topological polar surface area (TPSA) is 73.3 Å². The van der Waals surface area contributed by atoms with Gasteiger partial charge in [0.25, 0.3) is 5.78 Å². The molecule has 0 aromatic carbocycles. The SMILES string of the molecule is Cc1nn2cnnc2n2cnnc12. The first-order valence-corrected chi connectivity index (χ1v) is 3.72. The van der Waals surface area contributed by atoms with Gasteiger partial charge >= 0.3 is 0 Å². The van der Waals surface area contributed by atoms with E-state index in [4.69, 9.17) is 0 Å². The predicted molar refractivity (Wildman–Crippen MR) is 42.1 cm³/mol. The molecule has 0 aliphatic rings. The maximum absolute atomic E-state index is 4.20. The van der Waals surface area contributed by atoms with Crippen LogP contribution in [0.3, 0.4) is 0 Å². The maximum atomic E-state index is 4.20. The van der Waals surface area contributed by atoms with Gasteiger partial charge in [-0.3, -0.25) is 0 Å². The molecule has 13 heavy (non-hydrogen) atoms. The third-order valence-electron chi connectivity index (χ3n) is 1.86. The molecule has 64 valence electrons. The summed E-state index contributed by atoms with van der Waals surface area (Å²) in [4.78, 5) is 0. The molecule has 3 aromatic heterocycles. The lowest BCUT2D eigenvalue weighted by atomic mass is 10.5. The summed E-state index contributed by atoms with van der Waals surface area (Å²) in [6.45, 7) is 1.86. The summed E-state index contributed by atoms with van der Waals surface area (Å²) in [5, 5.41) is 19.5. The van der Waals surface area contributed by atoms with Gasteiger partial charge in [-0.25, -0.2) is 4.40 Å². The zero-order valence-electron chi connectivity index (χ0n) is 6.79. The Morgan fingerprint density at radius 3 is 2.92 bits per heavy atom. The second-order valence-electron chi connectivity index (χ2n) is 2.69. The summed E-state index contributed by atoms with van der Waals surface area (Å²) in [6, 6.07) is 0. The van der Waals surface area contributed by atoms with E-state index in [0.29, 0.717) is 11.4 Å². The lowest BCUT2D eigenvalue weighted by molar-refractivity contribution is 0.860. The third-order valence-corrected chi connectivity index (χ3v) is 1.86. The highest BCUT2D eigenvalue weighted by molar-refractivity contribution is 5.47. The van der Waals surface area contributed by atoms with Crippen LogP contribution >= 0.6 is 0 Å². The van der Waals surface area contributed by atoms with E-state index in [2.05, 4.69) is 25.5 Å². The van der Waals surface area contributed by atoms with E-state index in [9.17, 15) is 0 Å². The second kappa shape index (κ2) is 2.00. The number of aryl methyl sites for hydroxylation is 1. The van der Waals surface area contributed by atoms with Crippen LogP contribution in [-0.2, 0) is 0 Å². The number of hydrogen-bond acceptors (Lipinski definition) is 5. The molecule has 0 aliphatic carbocycles. The first kappa shape index (κ1) is 6.46. The number of fused-ring (bicyclic) bond motifs is 3. The van der Waals surface area contributed by atoms with Crippen molar-refractivity contribution in [2.45, 2.75) is 6.92 Å². The van der Waals surface area contributed by atoms with E-state index >= 15 is 0 Å². The van der Waals surface area contributed by atoms with Crippen LogP contribution in [0.1, 0.15) is 5.69 Å². The van der Waals surface area contributed by atoms with Crippen LogP contribution in [0.15, 0.2) is 12.7 Å². The molecular weight excluding hydrogens is 170 g/mol. The van der Waals surface area contributed by atoms with Crippen molar-refractivity contribution in [1.82, 2.24) is 34.4 Å². The molecule has 0 fully saturated rings. The summed E-state index contributed by atoms with van der Waals surface area (Å²) in [7, 11) is 0. The van der Waals surface area contributed by atoms with Gasteiger partial charge in [0.15, 0.2) is 5.65 Å². The maximum Gasteiger partial charge on any atom is 0.259 e. The van der Waals surface area contributed by atoms with Crippen LogP contribution in [0, 0.1) is 6.92 Å².